The molecule has 5 rings (SSSR count). The Morgan fingerprint density at radius 3 is 2.39 bits per heavy atom. The fourth-order valence-electron chi connectivity index (χ4n) is 4.20. The molecule has 1 fully saturated rings. The lowest BCUT2D eigenvalue weighted by Gasteiger charge is -2.34. The summed E-state index contributed by atoms with van der Waals surface area (Å²) >= 11 is 0. The molecule has 0 unspecified atom stereocenters. The average molecular weight is 451 g/mol. The van der Waals surface area contributed by atoms with E-state index < -0.39 is 11.7 Å². The van der Waals surface area contributed by atoms with Gasteiger partial charge in [0.1, 0.15) is 0 Å². The van der Waals surface area contributed by atoms with Crippen LogP contribution in [0.2, 0.25) is 0 Å². The van der Waals surface area contributed by atoms with Gasteiger partial charge in [-0.1, -0.05) is 24.3 Å². The summed E-state index contributed by atoms with van der Waals surface area (Å²) < 4.78 is 40.4. The van der Waals surface area contributed by atoms with Crippen molar-refractivity contribution in [1.82, 2.24) is 19.5 Å². The molecule has 0 bridgehead atoms. The Morgan fingerprint density at radius 1 is 0.909 bits per heavy atom. The SMILES string of the molecule is CN1CCN(c2cccc(Cc3nc4c(-c5ccc(C(F)(F)F)cc5)cccn4n3)c2)CC1. The molecule has 0 amide bonds. The van der Waals surface area contributed by atoms with E-state index in [4.69, 9.17) is 4.98 Å². The number of hydrogen-bond acceptors (Lipinski definition) is 4. The molecule has 33 heavy (non-hydrogen) atoms. The van der Waals surface area contributed by atoms with Crippen molar-refractivity contribution in [3.63, 3.8) is 0 Å². The largest absolute Gasteiger partial charge is 0.416 e. The number of fused-ring (bicyclic) bond motifs is 1. The number of alkyl halides is 3. The van der Waals surface area contributed by atoms with E-state index in [1.807, 2.05) is 12.1 Å². The van der Waals surface area contributed by atoms with Crippen LogP contribution in [0.25, 0.3) is 16.8 Å². The van der Waals surface area contributed by atoms with Crippen LogP contribution in [-0.4, -0.2) is 52.7 Å². The molecule has 1 saturated heterocycles. The number of aromatic nitrogens is 3. The smallest absolute Gasteiger partial charge is 0.369 e. The Hall–Kier alpha value is -3.39. The van der Waals surface area contributed by atoms with Gasteiger partial charge in [0.15, 0.2) is 11.5 Å². The Kier molecular flexibility index (Phi) is 5.54. The maximum atomic E-state index is 12.9. The van der Waals surface area contributed by atoms with Gasteiger partial charge in [0.2, 0.25) is 0 Å². The molecule has 2 aromatic heterocycles. The number of rotatable bonds is 4. The molecule has 0 N–H and O–H groups in total. The number of nitrogens with zero attached hydrogens (tertiary/aromatic N) is 5. The van der Waals surface area contributed by atoms with Crippen molar-refractivity contribution in [2.45, 2.75) is 12.6 Å². The number of benzene rings is 2. The third-order valence-electron chi connectivity index (χ3n) is 6.07. The zero-order valence-corrected chi connectivity index (χ0v) is 18.3. The molecule has 0 atom stereocenters. The number of piperazine rings is 1. The first-order valence-corrected chi connectivity index (χ1v) is 10.9. The summed E-state index contributed by atoms with van der Waals surface area (Å²) in [6.07, 6.45) is -1.97. The molecule has 8 heteroatoms. The van der Waals surface area contributed by atoms with Crippen molar-refractivity contribution in [3.8, 4) is 11.1 Å². The zero-order valence-electron chi connectivity index (χ0n) is 18.3. The van der Waals surface area contributed by atoms with E-state index in [-0.39, 0.29) is 0 Å². The summed E-state index contributed by atoms with van der Waals surface area (Å²) in [5.41, 5.74) is 3.71. The lowest BCUT2D eigenvalue weighted by molar-refractivity contribution is -0.137. The van der Waals surface area contributed by atoms with Gasteiger partial charge in [-0.25, -0.2) is 9.50 Å². The monoisotopic (exact) mass is 451 g/mol. The minimum Gasteiger partial charge on any atom is -0.369 e. The number of pyridine rings is 1. The van der Waals surface area contributed by atoms with Crippen LogP contribution in [0.15, 0.2) is 66.9 Å². The van der Waals surface area contributed by atoms with E-state index in [2.05, 4.69) is 46.2 Å². The van der Waals surface area contributed by atoms with Crippen LogP contribution in [-0.2, 0) is 12.6 Å². The van der Waals surface area contributed by atoms with E-state index >= 15 is 0 Å². The van der Waals surface area contributed by atoms with Gasteiger partial charge in [0.25, 0.3) is 0 Å². The summed E-state index contributed by atoms with van der Waals surface area (Å²) in [5.74, 6) is 0.671. The van der Waals surface area contributed by atoms with Crippen molar-refractivity contribution >= 4 is 11.3 Å². The normalized spacial score (nSPS) is 15.3. The molecule has 0 spiro atoms. The van der Waals surface area contributed by atoms with E-state index in [1.165, 1.54) is 17.8 Å². The standard InChI is InChI=1S/C25H24F3N5/c1-31-12-14-32(15-13-31)21-5-2-4-18(16-21)17-23-29-24-22(6-3-11-33(24)30-23)19-7-9-20(10-8-19)25(26,27)28/h2-11,16H,12-15,17H2,1H3. The van der Waals surface area contributed by atoms with Crippen LogP contribution >= 0.6 is 0 Å². The second-order valence-electron chi connectivity index (χ2n) is 8.43. The molecule has 170 valence electrons. The van der Waals surface area contributed by atoms with Crippen molar-refractivity contribution in [2.24, 2.45) is 0 Å². The minimum absolute atomic E-state index is 0.579. The molecule has 0 radical (unpaired) electrons. The van der Waals surface area contributed by atoms with Gasteiger partial charge in [-0.15, -0.1) is 0 Å². The third kappa shape index (κ3) is 4.57. The molecule has 0 saturated carbocycles. The van der Waals surface area contributed by atoms with Crippen LogP contribution in [0, 0.1) is 0 Å². The maximum absolute atomic E-state index is 12.9. The van der Waals surface area contributed by atoms with Crippen molar-refractivity contribution in [2.75, 3.05) is 38.1 Å². The molecule has 3 heterocycles. The molecule has 2 aromatic carbocycles. The predicted molar refractivity (Wildman–Crippen MR) is 122 cm³/mol. The second-order valence-corrected chi connectivity index (χ2v) is 8.43. The van der Waals surface area contributed by atoms with Gasteiger partial charge in [-0.3, -0.25) is 0 Å². The first-order valence-electron chi connectivity index (χ1n) is 10.9. The highest BCUT2D eigenvalue weighted by Gasteiger charge is 2.30. The van der Waals surface area contributed by atoms with Crippen LogP contribution in [0.3, 0.4) is 0 Å². The predicted octanol–water partition coefficient (Wildman–Crippen LogP) is 4.76. The van der Waals surface area contributed by atoms with E-state index in [0.29, 0.717) is 23.5 Å². The average Bonchev–Trinajstić information content (AvgIpc) is 3.22. The van der Waals surface area contributed by atoms with Gasteiger partial charge in [-0.05, 0) is 54.6 Å². The first-order chi connectivity index (χ1) is 15.9. The van der Waals surface area contributed by atoms with Gasteiger partial charge in [-0.2, -0.15) is 18.3 Å². The Morgan fingerprint density at radius 2 is 1.67 bits per heavy atom. The quantitative estimate of drug-likeness (QED) is 0.449. The minimum atomic E-state index is -4.36. The van der Waals surface area contributed by atoms with Gasteiger partial charge in [0, 0.05) is 50.0 Å². The van der Waals surface area contributed by atoms with Gasteiger partial charge < -0.3 is 9.80 Å². The second kappa shape index (κ2) is 8.51. The summed E-state index contributed by atoms with van der Waals surface area (Å²) in [6, 6.07) is 17.3. The molecule has 0 aliphatic carbocycles. The number of anilines is 1. The third-order valence-corrected chi connectivity index (χ3v) is 6.07. The number of likely N-dealkylation sites (N-methyl/N-ethyl adjacent to an activating group) is 1. The van der Waals surface area contributed by atoms with Crippen LogP contribution in [0.4, 0.5) is 18.9 Å². The Bertz CT molecular complexity index is 1260. The van der Waals surface area contributed by atoms with Crippen molar-refractivity contribution < 1.29 is 13.2 Å². The molecular weight excluding hydrogens is 427 g/mol. The fourth-order valence-corrected chi connectivity index (χ4v) is 4.20. The summed E-state index contributed by atoms with van der Waals surface area (Å²) in [7, 11) is 2.14. The number of hydrogen-bond donors (Lipinski definition) is 0. The van der Waals surface area contributed by atoms with E-state index in [1.54, 1.807) is 10.7 Å². The van der Waals surface area contributed by atoms with E-state index in [0.717, 1.165) is 49.4 Å². The van der Waals surface area contributed by atoms with Gasteiger partial charge >= 0.3 is 6.18 Å². The molecule has 1 aliphatic heterocycles. The molecule has 1 aliphatic rings. The summed E-state index contributed by atoms with van der Waals surface area (Å²) in [5, 5.41) is 4.61. The van der Waals surface area contributed by atoms with Crippen LogP contribution in [0.1, 0.15) is 17.0 Å². The van der Waals surface area contributed by atoms with E-state index in [9.17, 15) is 13.2 Å². The fraction of sp³-hybridized carbons (Fsp3) is 0.280. The summed E-state index contributed by atoms with van der Waals surface area (Å²) in [4.78, 5) is 9.44. The highest BCUT2D eigenvalue weighted by atomic mass is 19.4. The lowest BCUT2D eigenvalue weighted by Crippen LogP contribution is -2.44. The number of halogens is 3. The molecule has 4 aromatic rings. The topological polar surface area (TPSA) is 36.7 Å². The molecule has 5 nitrogen and oxygen atoms in total. The molecular formula is C25H24F3N5. The highest BCUT2D eigenvalue weighted by Crippen LogP contribution is 2.32. The van der Waals surface area contributed by atoms with Crippen LogP contribution < -0.4 is 4.90 Å². The van der Waals surface area contributed by atoms with Crippen molar-refractivity contribution in [1.29, 1.82) is 0 Å². The Balaban J connectivity index is 1.40. The summed E-state index contributed by atoms with van der Waals surface area (Å²) in [6.45, 7) is 4.10. The zero-order chi connectivity index (χ0) is 23.0. The maximum Gasteiger partial charge on any atom is 0.416 e. The van der Waals surface area contributed by atoms with Crippen molar-refractivity contribution in [3.05, 3.63) is 83.8 Å². The Labute approximate surface area is 190 Å². The highest BCUT2D eigenvalue weighted by molar-refractivity contribution is 5.77. The van der Waals surface area contributed by atoms with Gasteiger partial charge in [0.05, 0.1) is 5.56 Å². The lowest BCUT2D eigenvalue weighted by atomic mass is 10.0. The van der Waals surface area contributed by atoms with Crippen LogP contribution in [0.5, 0.6) is 0 Å². The first kappa shape index (κ1) is 21.5.